The zero-order valence-electron chi connectivity index (χ0n) is 15.0. The van der Waals surface area contributed by atoms with E-state index >= 15 is 0 Å². The Morgan fingerprint density at radius 1 is 1.07 bits per heavy atom. The van der Waals surface area contributed by atoms with E-state index in [2.05, 4.69) is 15.3 Å². The molecule has 0 saturated carbocycles. The quantitative estimate of drug-likeness (QED) is 0.416. The summed E-state index contributed by atoms with van der Waals surface area (Å²) in [5.74, 6) is -0.361. The van der Waals surface area contributed by atoms with E-state index in [4.69, 9.17) is 4.98 Å². The third-order valence-electron chi connectivity index (χ3n) is 4.88. The number of fused-ring (bicyclic) bond motifs is 5. The van der Waals surface area contributed by atoms with E-state index in [0.29, 0.717) is 5.82 Å². The fourth-order valence-corrected chi connectivity index (χ4v) is 3.59. The number of H-pyrrole nitrogens is 1. The lowest BCUT2D eigenvalue weighted by molar-refractivity contribution is 0.0697. The number of carboxylic acid groups (broad SMARTS) is 1. The molecule has 0 fully saturated rings. The average molecular weight is 368 g/mol. The molecule has 0 amide bonds. The molecule has 0 atom stereocenters. The molecule has 6 nitrogen and oxygen atoms in total. The first-order chi connectivity index (χ1) is 13.6. The average Bonchev–Trinajstić information content (AvgIpc) is 3.06. The summed E-state index contributed by atoms with van der Waals surface area (Å²) in [5.41, 5.74) is 3.91. The Hall–Kier alpha value is -3.93. The Bertz CT molecular complexity index is 1390. The third kappa shape index (κ3) is 2.54. The van der Waals surface area contributed by atoms with Gasteiger partial charge in [0.1, 0.15) is 11.5 Å². The van der Waals surface area contributed by atoms with Gasteiger partial charge in [0.2, 0.25) is 0 Å². The molecule has 0 saturated heterocycles. The van der Waals surface area contributed by atoms with E-state index < -0.39 is 5.97 Å². The number of anilines is 2. The van der Waals surface area contributed by atoms with Crippen molar-refractivity contribution in [3.8, 4) is 0 Å². The maximum atomic E-state index is 11.5. The van der Waals surface area contributed by atoms with Crippen LogP contribution in [-0.4, -0.2) is 26.0 Å². The fourth-order valence-electron chi connectivity index (χ4n) is 3.59. The molecule has 0 aliphatic heterocycles. The maximum Gasteiger partial charge on any atom is 0.335 e. The van der Waals surface area contributed by atoms with Crippen molar-refractivity contribution < 1.29 is 9.90 Å². The van der Waals surface area contributed by atoms with Gasteiger partial charge in [-0.25, -0.2) is 9.78 Å². The highest BCUT2D eigenvalue weighted by molar-refractivity contribution is 6.21. The van der Waals surface area contributed by atoms with Gasteiger partial charge in [0.05, 0.1) is 11.1 Å². The molecule has 0 aliphatic carbocycles. The number of nitrogens with zero attached hydrogens (tertiary/aromatic N) is 2. The van der Waals surface area contributed by atoms with Crippen molar-refractivity contribution in [1.29, 1.82) is 0 Å². The van der Waals surface area contributed by atoms with E-state index in [-0.39, 0.29) is 5.56 Å². The SMILES string of the molecule is Cc1cccc(Nc2nc3[nH]c4ccncc4c3c3ccc(C(=O)O)cc23)c1. The monoisotopic (exact) mass is 368 g/mol. The van der Waals surface area contributed by atoms with Crippen molar-refractivity contribution in [2.45, 2.75) is 6.92 Å². The molecule has 6 heteroatoms. The second kappa shape index (κ2) is 6.06. The molecule has 136 valence electrons. The molecule has 0 radical (unpaired) electrons. The maximum absolute atomic E-state index is 11.5. The van der Waals surface area contributed by atoms with Crippen molar-refractivity contribution in [2.24, 2.45) is 0 Å². The van der Waals surface area contributed by atoms with Crippen LogP contribution in [0.25, 0.3) is 32.7 Å². The number of aryl methyl sites for hydroxylation is 1. The standard InChI is InChI=1S/C22H16N4O2/c1-12-3-2-4-14(9-12)24-20-16-10-13(22(27)28)5-6-15(16)19-17-11-23-8-7-18(17)25-21(19)26-20/h2-11H,1H3,(H,27,28)(H2,24,25,26). The van der Waals surface area contributed by atoms with Gasteiger partial charge < -0.3 is 15.4 Å². The number of rotatable bonds is 3. The van der Waals surface area contributed by atoms with Gasteiger partial charge in [0.15, 0.2) is 0 Å². The van der Waals surface area contributed by atoms with Crippen LogP contribution in [0, 0.1) is 6.92 Å². The smallest absolute Gasteiger partial charge is 0.335 e. The van der Waals surface area contributed by atoms with Crippen LogP contribution in [0.1, 0.15) is 15.9 Å². The molecular formula is C22H16N4O2. The van der Waals surface area contributed by atoms with Gasteiger partial charge in [-0.3, -0.25) is 4.98 Å². The van der Waals surface area contributed by atoms with Crippen molar-refractivity contribution in [1.82, 2.24) is 15.0 Å². The van der Waals surface area contributed by atoms with Gasteiger partial charge in [-0.1, -0.05) is 18.2 Å². The highest BCUT2D eigenvalue weighted by Gasteiger charge is 2.15. The number of aromatic carboxylic acids is 1. The van der Waals surface area contributed by atoms with Gasteiger partial charge >= 0.3 is 5.97 Å². The van der Waals surface area contributed by atoms with Gasteiger partial charge in [-0.2, -0.15) is 0 Å². The Kier molecular flexibility index (Phi) is 3.52. The molecule has 5 rings (SSSR count). The lowest BCUT2D eigenvalue weighted by atomic mass is 10.0. The summed E-state index contributed by atoms with van der Waals surface area (Å²) < 4.78 is 0. The molecule has 28 heavy (non-hydrogen) atoms. The summed E-state index contributed by atoms with van der Waals surface area (Å²) in [5, 5.41) is 16.4. The summed E-state index contributed by atoms with van der Waals surface area (Å²) >= 11 is 0. The number of aromatic nitrogens is 3. The van der Waals surface area contributed by atoms with Crippen molar-refractivity contribution in [2.75, 3.05) is 5.32 Å². The van der Waals surface area contributed by atoms with Crippen molar-refractivity contribution in [3.63, 3.8) is 0 Å². The predicted molar refractivity (Wildman–Crippen MR) is 110 cm³/mol. The number of aromatic amines is 1. The highest BCUT2D eigenvalue weighted by Crippen LogP contribution is 2.35. The molecule has 5 aromatic rings. The van der Waals surface area contributed by atoms with Crippen LogP contribution in [0.3, 0.4) is 0 Å². The minimum absolute atomic E-state index is 0.221. The van der Waals surface area contributed by atoms with Crippen LogP contribution in [0.15, 0.2) is 60.9 Å². The van der Waals surface area contributed by atoms with Crippen molar-refractivity contribution >= 4 is 50.2 Å². The highest BCUT2D eigenvalue weighted by atomic mass is 16.4. The van der Waals surface area contributed by atoms with Crippen molar-refractivity contribution in [3.05, 3.63) is 72.1 Å². The van der Waals surface area contributed by atoms with Crippen LogP contribution in [0.4, 0.5) is 11.5 Å². The van der Waals surface area contributed by atoms with Crippen LogP contribution >= 0.6 is 0 Å². The lowest BCUT2D eigenvalue weighted by Gasteiger charge is -2.11. The summed E-state index contributed by atoms with van der Waals surface area (Å²) in [6.07, 6.45) is 3.53. The first-order valence-electron chi connectivity index (χ1n) is 8.86. The molecule has 0 spiro atoms. The Morgan fingerprint density at radius 3 is 2.79 bits per heavy atom. The predicted octanol–water partition coefficient (Wildman–Crippen LogP) is 5.01. The molecule has 3 aromatic heterocycles. The fraction of sp³-hybridized carbons (Fsp3) is 0.0455. The number of nitrogens with one attached hydrogen (secondary N) is 2. The van der Waals surface area contributed by atoms with E-state index in [9.17, 15) is 9.90 Å². The summed E-state index contributed by atoms with van der Waals surface area (Å²) in [7, 11) is 0. The van der Waals surface area contributed by atoms with E-state index in [1.807, 2.05) is 43.3 Å². The zero-order valence-corrected chi connectivity index (χ0v) is 15.0. The lowest BCUT2D eigenvalue weighted by Crippen LogP contribution is -1.99. The first-order valence-corrected chi connectivity index (χ1v) is 8.86. The summed E-state index contributed by atoms with van der Waals surface area (Å²) in [6.45, 7) is 2.02. The number of pyridine rings is 2. The van der Waals surface area contributed by atoms with Crippen LogP contribution < -0.4 is 5.32 Å². The number of hydrogen-bond acceptors (Lipinski definition) is 4. The largest absolute Gasteiger partial charge is 0.478 e. The minimum atomic E-state index is -0.968. The minimum Gasteiger partial charge on any atom is -0.478 e. The van der Waals surface area contributed by atoms with Gasteiger partial charge in [0.25, 0.3) is 0 Å². The Morgan fingerprint density at radius 2 is 1.96 bits per heavy atom. The Labute approximate surface area is 159 Å². The molecule has 0 aliphatic rings. The second-order valence-corrected chi connectivity index (χ2v) is 6.79. The van der Waals surface area contributed by atoms with Crippen LogP contribution in [0.5, 0.6) is 0 Å². The van der Waals surface area contributed by atoms with E-state index in [0.717, 1.165) is 44.0 Å². The summed E-state index contributed by atoms with van der Waals surface area (Å²) in [6, 6.07) is 15.0. The van der Waals surface area contributed by atoms with Gasteiger partial charge in [-0.05, 0) is 48.2 Å². The molecule has 3 N–H and O–H groups in total. The molecular weight excluding hydrogens is 352 g/mol. The zero-order chi connectivity index (χ0) is 19.3. The number of hydrogen-bond donors (Lipinski definition) is 3. The number of carboxylic acids is 1. The van der Waals surface area contributed by atoms with E-state index in [1.54, 1.807) is 24.5 Å². The van der Waals surface area contributed by atoms with Crippen LogP contribution in [-0.2, 0) is 0 Å². The Balaban J connectivity index is 1.84. The molecule has 0 unspecified atom stereocenters. The van der Waals surface area contributed by atoms with Crippen LogP contribution in [0.2, 0.25) is 0 Å². The topological polar surface area (TPSA) is 90.9 Å². The second-order valence-electron chi connectivity index (χ2n) is 6.79. The number of carbonyl (C=O) groups is 1. The number of benzene rings is 2. The first kappa shape index (κ1) is 16.3. The van der Waals surface area contributed by atoms with Gasteiger partial charge in [-0.15, -0.1) is 0 Å². The third-order valence-corrected chi connectivity index (χ3v) is 4.88. The van der Waals surface area contributed by atoms with Gasteiger partial charge in [0, 0.05) is 34.2 Å². The molecule has 2 aromatic carbocycles. The van der Waals surface area contributed by atoms with E-state index in [1.165, 1.54) is 0 Å². The molecule has 0 bridgehead atoms. The molecule has 3 heterocycles. The normalized spacial score (nSPS) is 11.3. The summed E-state index contributed by atoms with van der Waals surface area (Å²) in [4.78, 5) is 23.9.